The van der Waals surface area contributed by atoms with Crippen molar-refractivity contribution in [1.82, 2.24) is 10.3 Å². The number of carboxylic acid groups (broad SMARTS) is 1. The number of hydrogen-bond donors (Lipinski definition) is 2. The van der Waals surface area contributed by atoms with Gasteiger partial charge >= 0.3 is 5.97 Å². The largest absolute Gasteiger partial charge is 0.481 e. The molecular formula is C21H17N3O3S. The Morgan fingerprint density at radius 1 is 1.21 bits per heavy atom. The molecule has 140 valence electrons. The molecule has 2 aromatic carbocycles. The highest BCUT2D eigenvalue weighted by Crippen LogP contribution is 2.40. The van der Waals surface area contributed by atoms with E-state index in [1.807, 2.05) is 24.3 Å². The van der Waals surface area contributed by atoms with Crippen LogP contribution in [0, 0.1) is 16.7 Å². The first-order valence-electron chi connectivity index (χ1n) is 8.85. The van der Waals surface area contributed by atoms with Crippen molar-refractivity contribution in [3.05, 3.63) is 64.2 Å². The van der Waals surface area contributed by atoms with Gasteiger partial charge in [-0.3, -0.25) is 9.59 Å². The lowest BCUT2D eigenvalue weighted by atomic mass is 9.80. The maximum atomic E-state index is 13.0. The molecule has 0 fully saturated rings. The van der Waals surface area contributed by atoms with Crippen molar-refractivity contribution in [3.8, 4) is 6.07 Å². The van der Waals surface area contributed by atoms with Crippen LogP contribution < -0.4 is 5.32 Å². The molecule has 0 saturated heterocycles. The second kappa shape index (κ2) is 7.06. The van der Waals surface area contributed by atoms with Gasteiger partial charge in [-0.05, 0) is 42.2 Å². The van der Waals surface area contributed by atoms with Gasteiger partial charge < -0.3 is 10.4 Å². The van der Waals surface area contributed by atoms with Crippen LogP contribution in [0.25, 0.3) is 10.2 Å². The molecule has 1 amide bonds. The first-order valence-corrected chi connectivity index (χ1v) is 9.67. The molecule has 1 aliphatic rings. The van der Waals surface area contributed by atoms with E-state index < -0.39 is 11.4 Å². The molecule has 7 heteroatoms. The number of carbonyl (C=O) groups excluding carboxylic acids is 1. The first kappa shape index (κ1) is 18.1. The summed E-state index contributed by atoms with van der Waals surface area (Å²) in [5.74, 6) is -1.24. The number of hydrogen-bond acceptors (Lipinski definition) is 5. The second-order valence-corrected chi connectivity index (χ2v) is 8.17. The highest BCUT2D eigenvalue weighted by atomic mass is 32.1. The molecule has 0 saturated carbocycles. The number of amides is 1. The predicted octanol–water partition coefficient (Wildman–Crippen LogP) is 3.04. The van der Waals surface area contributed by atoms with Gasteiger partial charge in [-0.2, -0.15) is 5.26 Å². The van der Waals surface area contributed by atoms with Gasteiger partial charge in [0.05, 0.1) is 40.2 Å². The van der Waals surface area contributed by atoms with E-state index in [-0.39, 0.29) is 18.9 Å². The van der Waals surface area contributed by atoms with Crippen molar-refractivity contribution >= 4 is 33.4 Å². The predicted molar refractivity (Wildman–Crippen MR) is 105 cm³/mol. The molecule has 1 aliphatic carbocycles. The molecule has 0 unspecified atom stereocenters. The number of nitriles is 1. The summed E-state index contributed by atoms with van der Waals surface area (Å²) in [4.78, 5) is 29.0. The SMILES string of the molecule is N#Cc1ccc2nc(CNC(=O)C3(CC(=O)O)Cc4ccccc4C3)sc2c1. The van der Waals surface area contributed by atoms with E-state index in [0.717, 1.165) is 26.4 Å². The molecule has 2 N–H and O–H groups in total. The lowest BCUT2D eigenvalue weighted by Crippen LogP contribution is -2.43. The molecule has 1 aromatic heterocycles. The van der Waals surface area contributed by atoms with E-state index in [0.29, 0.717) is 18.4 Å². The van der Waals surface area contributed by atoms with E-state index in [2.05, 4.69) is 16.4 Å². The summed E-state index contributed by atoms with van der Waals surface area (Å²) in [7, 11) is 0. The van der Waals surface area contributed by atoms with E-state index in [1.54, 1.807) is 18.2 Å². The lowest BCUT2D eigenvalue weighted by molar-refractivity contribution is -0.145. The minimum Gasteiger partial charge on any atom is -0.481 e. The number of fused-ring (bicyclic) bond motifs is 2. The number of nitrogens with zero attached hydrogens (tertiary/aromatic N) is 2. The third kappa shape index (κ3) is 3.35. The Morgan fingerprint density at radius 2 is 1.93 bits per heavy atom. The van der Waals surface area contributed by atoms with E-state index in [1.165, 1.54) is 11.3 Å². The zero-order valence-electron chi connectivity index (χ0n) is 14.9. The van der Waals surface area contributed by atoms with E-state index in [9.17, 15) is 14.7 Å². The van der Waals surface area contributed by atoms with Gasteiger partial charge in [0.1, 0.15) is 5.01 Å². The molecule has 0 bridgehead atoms. The topological polar surface area (TPSA) is 103 Å². The molecule has 0 spiro atoms. The normalized spacial score (nSPS) is 14.4. The van der Waals surface area contributed by atoms with Crippen molar-refractivity contribution in [1.29, 1.82) is 5.26 Å². The molecule has 0 atom stereocenters. The fraction of sp³-hybridized carbons (Fsp3) is 0.238. The zero-order chi connectivity index (χ0) is 19.7. The van der Waals surface area contributed by atoms with Crippen molar-refractivity contribution < 1.29 is 14.7 Å². The minimum atomic E-state index is -0.980. The highest BCUT2D eigenvalue weighted by Gasteiger charge is 2.45. The Labute approximate surface area is 165 Å². The lowest BCUT2D eigenvalue weighted by Gasteiger charge is -2.25. The van der Waals surface area contributed by atoms with Gasteiger partial charge in [0.25, 0.3) is 0 Å². The summed E-state index contributed by atoms with van der Waals surface area (Å²) in [5, 5.41) is 22.0. The van der Waals surface area contributed by atoms with Crippen LogP contribution >= 0.6 is 11.3 Å². The van der Waals surface area contributed by atoms with E-state index >= 15 is 0 Å². The van der Waals surface area contributed by atoms with E-state index in [4.69, 9.17) is 5.26 Å². The molecule has 28 heavy (non-hydrogen) atoms. The summed E-state index contributed by atoms with van der Waals surface area (Å²) in [6.45, 7) is 0.234. The fourth-order valence-electron chi connectivity index (χ4n) is 3.81. The van der Waals surface area contributed by atoms with Gasteiger partial charge in [-0.25, -0.2) is 4.98 Å². The number of carbonyl (C=O) groups is 2. The average Bonchev–Trinajstić information content (AvgIpc) is 3.25. The molecule has 1 heterocycles. The highest BCUT2D eigenvalue weighted by molar-refractivity contribution is 7.18. The Hall–Kier alpha value is -3.24. The quantitative estimate of drug-likeness (QED) is 0.696. The number of thiazole rings is 1. The van der Waals surface area contributed by atoms with Crippen LogP contribution in [0.2, 0.25) is 0 Å². The Morgan fingerprint density at radius 3 is 2.57 bits per heavy atom. The molecular weight excluding hydrogens is 374 g/mol. The van der Waals surface area contributed by atoms with Crippen molar-refractivity contribution in [2.24, 2.45) is 5.41 Å². The van der Waals surface area contributed by atoms with Crippen LogP contribution in [0.4, 0.5) is 0 Å². The molecule has 3 aromatic rings. The summed E-state index contributed by atoms with van der Waals surface area (Å²) >= 11 is 1.42. The zero-order valence-corrected chi connectivity index (χ0v) is 15.8. The number of rotatable bonds is 5. The smallest absolute Gasteiger partial charge is 0.304 e. The monoisotopic (exact) mass is 391 g/mol. The number of aliphatic carboxylic acids is 1. The third-order valence-electron chi connectivity index (χ3n) is 5.11. The van der Waals surface area contributed by atoms with Crippen molar-refractivity contribution in [2.75, 3.05) is 0 Å². The summed E-state index contributed by atoms with van der Waals surface area (Å²) in [6.07, 6.45) is 0.637. The van der Waals surface area contributed by atoms with Crippen LogP contribution in [0.1, 0.15) is 28.1 Å². The summed E-state index contributed by atoms with van der Waals surface area (Å²) in [6, 6.07) is 15.1. The van der Waals surface area contributed by atoms with Crippen LogP contribution in [0.3, 0.4) is 0 Å². The molecule has 0 aliphatic heterocycles. The van der Waals surface area contributed by atoms with Crippen LogP contribution in [0.15, 0.2) is 42.5 Å². The number of aromatic nitrogens is 1. The molecule has 6 nitrogen and oxygen atoms in total. The van der Waals surface area contributed by atoms with Crippen LogP contribution in [-0.4, -0.2) is 22.0 Å². The van der Waals surface area contributed by atoms with Gasteiger partial charge in [0.2, 0.25) is 5.91 Å². The summed E-state index contributed by atoms with van der Waals surface area (Å²) < 4.78 is 0.886. The molecule has 4 rings (SSSR count). The Balaban J connectivity index is 1.53. The number of nitrogens with one attached hydrogen (secondary N) is 1. The Bertz CT molecular complexity index is 1100. The molecule has 0 radical (unpaired) electrons. The van der Waals surface area contributed by atoms with Gasteiger partial charge in [-0.15, -0.1) is 11.3 Å². The van der Waals surface area contributed by atoms with Crippen LogP contribution in [0.5, 0.6) is 0 Å². The first-order chi connectivity index (χ1) is 13.5. The van der Waals surface area contributed by atoms with Crippen molar-refractivity contribution in [3.63, 3.8) is 0 Å². The maximum Gasteiger partial charge on any atom is 0.304 e. The second-order valence-electron chi connectivity index (χ2n) is 7.06. The average molecular weight is 391 g/mol. The van der Waals surface area contributed by atoms with Crippen molar-refractivity contribution in [2.45, 2.75) is 25.8 Å². The third-order valence-corrected chi connectivity index (χ3v) is 6.13. The Kier molecular flexibility index (Phi) is 4.57. The number of carboxylic acids is 1. The van der Waals surface area contributed by atoms with Gasteiger partial charge in [-0.1, -0.05) is 24.3 Å². The number of benzene rings is 2. The van der Waals surface area contributed by atoms with Gasteiger partial charge in [0, 0.05) is 0 Å². The fourth-order valence-corrected chi connectivity index (χ4v) is 4.76. The van der Waals surface area contributed by atoms with Crippen LogP contribution in [-0.2, 0) is 29.0 Å². The van der Waals surface area contributed by atoms with Gasteiger partial charge in [0.15, 0.2) is 0 Å². The standard InChI is InChI=1S/C21H17N3O3S/c22-11-13-5-6-16-17(7-13)28-18(24-16)12-23-20(27)21(10-19(25)26)8-14-3-1-2-4-15(14)9-21/h1-7H,8-10,12H2,(H,23,27)(H,25,26). The summed E-state index contributed by atoms with van der Waals surface area (Å²) in [5.41, 5.74) is 2.43. The maximum absolute atomic E-state index is 13.0. The minimum absolute atomic E-state index is 0.209.